The summed E-state index contributed by atoms with van der Waals surface area (Å²) in [5, 5.41) is 31.5. The third kappa shape index (κ3) is 3.15. The summed E-state index contributed by atoms with van der Waals surface area (Å²) in [7, 11) is 0. The Morgan fingerprint density at radius 1 is 1.61 bits per heavy atom. The lowest BCUT2D eigenvalue weighted by Gasteiger charge is -2.20. The van der Waals surface area contributed by atoms with Crippen molar-refractivity contribution in [2.24, 2.45) is 5.92 Å². The second-order valence-corrected chi connectivity index (χ2v) is 4.11. The molecule has 1 aromatic heterocycles. The molecule has 0 aliphatic heterocycles. The summed E-state index contributed by atoms with van der Waals surface area (Å²) in [6.07, 6.45) is 0. The van der Waals surface area contributed by atoms with Gasteiger partial charge in [-0.2, -0.15) is 5.26 Å². The normalized spacial score (nSPS) is 11.9. The summed E-state index contributed by atoms with van der Waals surface area (Å²) in [6.45, 7) is 3.76. The number of nitrogens with one attached hydrogen (secondary N) is 1. The van der Waals surface area contributed by atoms with Gasteiger partial charge in [-0.05, 0) is 12.0 Å². The number of pyridine rings is 1. The Balaban J connectivity index is 3.00. The fourth-order valence-electron chi connectivity index (χ4n) is 1.37. The van der Waals surface area contributed by atoms with Crippen molar-refractivity contribution in [3.63, 3.8) is 0 Å². The smallest absolute Gasteiger partial charge is 0.305 e. The van der Waals surface area contributed by atoms with Gasteiger partial charge in [-0.1, -0.05) is 13.8 Å². The maximum absolute atomic E-state index is 10.6. The number of hydrogen-bond donors (Lipinski definition) is 2. The first-order valence-electron chi connectivity index (χ1n) is 5.42. The summed E-state index contributed by atoms with van der Waals surface area (Å²) < 4.78 is 0. The number of aliphatic hydroxyl groups is 1. The van der Waals surface area contributed by atoms with Crippen LogP contribution in [0.2, 0.25) is 0 Å². The van der Waals surface area contributed by atoms with Crippen LogP contribution in [0.1, 0.15) is 19.5 Å². The van der Waals surface area contributed by atoms with Crippen molar-refractivity contribution in [3.8, 4) is 6.07 Å². The highest BCUT2D eigenvalue weighted by atomic mass is 16.6. The van der Waals surface area contributed by atoms with Crippen LogP contribution in [-0.4, -0.2) is 27.7 Å². The highest BCUT2D eigenvalue weighted by molar-refractivity contribution is 5.50. The topological polar surface area (TPSA) is 112 Å². The monoisotopic (exact) mass is 250 g/mol. The average molecular weight is 250 g/mol. The van der Waals surface area contributed by atoms with Crippen LogP contribution < -0.4 is 5.32 Å². The molecule has 0 unspecified atom stereocenters. The van der Waals surface area contributed by atoms with Gasteiger partial charge in [0.2, 0.25) is 5.69 Å². The third-order valence-corrected chi connectivity index (χ3v) is 2.51. The van der Waals surface area contributed by atoms with Crippen molar-refractivity contribution in [1.82, 2.24) is 4.98 Å². The summed E-state index contributed by atoms with van der Waals surface area (Å²) >= 11 is 0. The highest BCUT2D eigenvalue weighted by Crippen LogP contribution is 2.19. The van der Waals surface area contributed by atoms with Crippen LogP contribution in [0.5, 0.6) is 0 Å². The molecule has 0 saturated carbocycles. The van der Waals surface area contributed by atoms with E-state index in [1.807, 2.05) is 13.8 Å². The van der Waals surface area contributed by atoms with Crippen LogP contribution in [-0.2, 0) is 0 Å². The molecule has 0 aliphatic carbocycles. The first-order valence-corrected chi connectivity index (χ1v) is 5.42. The number of nitro groups is 1. The lowest BCUT2D eigenvalue weighted by Crippen LogP contribution is -2.29. The van der Waals surface area contributed by atoms with E-state index in [4.69, 9.17) is 10.4 Å². The van der Waals surface area contributed by atoms with E-state index in [2.05, 4.69) is 10.3 Å². The molecule has 1 atom stereocenters. The maximum Gasteiger partial charge on any atom is 0.305 e. The minimum atomic E-state index is -0.651. The fourth-order valence-corrected chi connectivity index (χ4v) is 1.37. The zero-order chi connectivity index (χ0) is 13.7. The molecule has 1 aromatic rings. The molecule has 0 spiro atoms. The van der Waals surface area contributed by atoms with Crippen LogP contribution in [0.4, 0.5) is 11.5 Å². The molecule has 0 bridgehead atoms. The Labute approximate surface area is 104 Å². The van der Waals surface area contributed by atoms with Gasteiger partial charge in [0.15, 0.2) is 0 Å². The molecule has 7 heteroatoms. The van der Waals surface area contributed by atoms with Crippen molar-refractivity contribution in [1.29, 1.82) is 5.26 Å². The molecular weight excluding hydrogens is 236 g/mol. The van der Waals surface area contributed by atoms with Gasteiger partial charge in [-0.25, -0.2) is 4.98 Å². The quantitative estimate of drug-likeness (QED) is 0.601. The van der Waals surface area contributed by atoms with Crippen LogP contribution in [0.15, 0.2) is 12.1 Å². The largest absolute Gasteiger partial charge is 0.394 e. The summed E-state index contributed by atoms with van der Waals surface area (Å²) in [4.78, 5) is 13.8. The van der Waals surface area contributed by atoms with E-state index in [-0.39, 0.29) is 29.9 Å². The first kappa shape index (κ1) is 13.9. The van der Waals surface area contributed by atoms with Gasteiger partial charge in [-0.3, -0.25) is 10.1 Å². The van der Waals surface area contributed by atoms with Crippen molar-refractivity contribution in [2.45, 2.75) is 19.9 Å². The molecule has 0 fully saturated rings. The second-order valence-electron chi connectivity index (χ2n) is 4.11. The van der Waals surface area contributed by atoms with E-state index < -0.39 is 4.92 Å². The van der Waals surface area contributed by atoms with E-state index in [0.29, 0.717) is 5.82 Å². The van der Waals surface area contributed by atoms with Crippen molar-refractivity contribution >= 4 is 11.5 Å². The SMILES string of the molecule is CC(C)[C@@H](CO)Nc1ccc([N+](=O)[O-])c(C#N)n1. The van der Waals surface area contributed by atoms with Gasteiger partial charge < -0.3 is 10.4 Å². The number of nitrogens with zero attached hydrogens (tertiary/aromatic N) is 3. The third-order valence-electron chi connectivity index (χ3n) is 2.51. The van der Waals surface area contributed by atoms with Gasteiger partial charge in [-0.15, -0.1) is 0 Å². The lowest BCUT2D eigenvalue weighted by atomic mass is 10.1. The number of aromatic nitrogens is 1. The van der Waals surface area contributed by atoms with Gasteiger partial charge in [0.05, 0.1) is 17.6 Å². The number of rotatable bonds is 5. The molecule has 1 rings (SSSR count). The van der Waals surface area contributed by atoms with E-state index >= 15 is 0 Å². The predicted octanol–water partition coefficient (Wildman–Crippen LogP) is 1.29. The average Bonchev–Trinajstić information content (AvgIpc) is 2.34. The van der Waals surface area contributed by atoms with E-state index in [1.165, 1.54) is 12.1 Å². The standard InChI is InChI=1S/C11H14N4O3/c1-7(2)9(6-16)14-11-4-3-10(15(17)18)8(5-12)13-11/h3-4,7,9,16H,6H2,1-2H3,(H,13,14)/t9-/m1/s1. The molecule has 7 nitrogen and oxygen atoms in total. The fraction of sp³-hybridized carbons (Fsp3) is 0.455. The zero-order valence-electron chi connectivity index (χ0n) is 10.1. The van der Waals surface area contributed by atoms with Crippen LogP contribution in [0.3, 0.4) is 0 Å². The molecule has 2 N–H and O–H groups in total. The molecule has 18 heavy (non-hydrogen) atoms. The molecule has 0 aromatic carbocycles. The van der Waals surface area contributed by atoms with Crippen molar-refractivity contribution in [2.75, 3.05) is 11.9 Å². The maximum atomic E-state index is 10.6. The van der Waals surface area contributed by atoms with E-state index in [9.17, 15) is 10.1 Å². The number of hydrogen-bond acceptors (Lipinski definition) is 6. The number of nitriles is 1. The molecular formula is C11H14N4O3. The van der Waals surface area contributed by atoms with Crippen LogP contribution in [0, 0.1) is 27.4 Å². The Morgan fingerprint density at radius 3 is 2.72 bits per heavy atom. The molecule has 0 amide bonds. The van der Waals surface area contributed by atoms with Crippen molar-refractivity contribution < 1.29 is 10.0 Å². The minimum absolute atomic E-state index is 0.0851. The van der Waals surface area contributed by atoms with Gasteiger partial charge >= 0.3 is 5.69 Å². The van der Waals surface area contributed by atoms with Gasteiger partial charge in [0.1, 0.15) is 11.9 Å². The van der Waals surface area contributed by atoms with Crippen LogP contribution in [0.25, 0.3) is 0 Å². The van der Waals surface area contributed by atoms with Gasteiger partial charge in [0.25, 0.3) is 0 Å². The Bertz CT molecular complexity index is 482. The Hall–Kier alpha value is -2.20. The van der Waals surface area contributed by atoms with E-state index in [1.54, 1.807) is 6.07 Å². The van der Waals surface area contributed by atoms with Gasteiger partial charge in [0, 0.05) is 6.07 Å². The van der Waals surface area contributed by atoms with Crippen molar-refractivity contribution in [3.05, 3.63) is 27.9 Å². The Kier molecular flexibility index (Phi) is 4.57. The molecule has 1 heterocycles. The molecule has 96 valence electrons. The molecule has 0 radical (unpaired) electrons. The van der Waals surface area contributed by atoms with Crippen LogP contribution >= 0.6 is 0 Å². The number of anilines is 1. The second kappa shape index (κ2) is 5.93. The van der Waals surface area contributed by atoms with E-state index in [0.717, 1.165) is 0 Å². The lowest BCUT2D eigenvalue weighted by molar-refractivity contribution is -0.385. The number of aliphatic hydroxyl groups excluding tert-OH is 1. The summed E-state index contributed by atoms with van der Waals surface area (Å²) in [5.41, 5.74) is -0.571. The Morgan fingerprint density at radius 2 is 2.28 bits per heavy atom. The molecule has 0 saturated heterocycles. The molecule has 0 aliphatic rings. The first-order chi connectivity index (χ1) is 8.49. The summed E-state index contributed by atoms with van der Waals surface area (Å²) in [6, 6.07) is 4.11. The predicted molar refractivity (Wildman–Crippen MR) is 64.9 cm³/mol. The summed E-state index contributed by atoms with van der Waals surface area (Å²) in [5.74, 6) is 0.502. The highest BCUT2D eigenvalue weighted by Gasteiger charge is 2.18. The minimum Gasteiger partial charge on any atom is -0.394 e. The zero-order valence-corrected chi connectivity index (χ0v) is 10.1.